The predicted octanol–water partition coefficient (Wildman–Crippen LogP) is -2.09. The molecule has 5 nitrogen and oxygen atoms in total. The number of carbonyl (C=O) groups is 2. The summed E-state index contributed by atoms with van der Waals surface area (Å²) in [6.07, 6.45) is 2.88. The van der Waals surface area contributed by atoms with E-state index in [1.54, 1.807) is 0 Å². The molecule has 0 spiro atoms. The first-order chi connectivity index (χ1) is 7.66. The van der Waals surface area contributed by atoms with E-state index in [1.807, 2.05) is 11.8 Å². The summed E-state index contributed by atoms with van der Waals surface area (Å²) in [5.74, 6) is 0.236. The SMILES string of the molecule is O=C(O)CCCC[C@@H]1SC[C@@H]2NC(=O)N[C@@H]21.[H-].[K+]. The van der Waals surface area contributed by atoms with Crippen molar-refractivity contribution in [3.8, 4) is 0 Å². The quantitative estimate of drug-likeness (QED) is 0.307. The number of rotatable bonds is 5. The Kier molecular flexibility index (Phi) is 6.82. The first-order valence-corrected chi connectivity index (χ1v) is 6.62. The van der Waals surface area contributed by atoms with E-state index in [0.29, 0.717) is 5.25 Å². The van der Waals surface area contributed by atoms with E-state index in [4.69, 9.17) is 5.11 Å². The van der Waals surface area contributed by atoms with E-state index in [2.05, 4.69) is 10.6 Å². The van der Waals surface area contributed by atoms with Gasteiger partial charge in [0.2, 0.25) is 0 Å². The Hall–Kier alpha value is 0.726. The van der Waals surface area contributed by atoms with Crippen LogP contribution in [-0.2, 0) is 4.79 Å². The Labute approximate surface area is 149 Å². The Balaban J connectivity index is 0.00000144. The normalized spacial score (nSPS) is 30.1. The van der Waals surface area contributed by atoms with Crippen molar-refractivity contribution in [3.63, 3.8) is 0 Å². The van der Waals surface area contributed by atoms with Gasteiger partial charge >= 0.3 is 63.4 Å². The molecule has 0 aromatic heterocycles. The second kappa shape index (κ2) is 7.35. The number of nitrogens with one attached hydrogen (secondary N) is 2. The van der Waals surface area contributed by atoms with Gasteiger partial charge in [-0.3, -0.25) is 4.79 Å². The molecule has 0 aliphatic carbocycles. The number of fused-ring (bicyclic) bond motifs is 1. The van der Waals surface area contributed by atoms with Gasteiger partial charge in [-0.1, -0.05) is 6.42 Å². The third-order valence-electron chi connectivity index (χ3n) is 3.07. The number of unbranched alkanes of at least 4 members (excludes halogenated alkanes) is 1. The van der Waals surface area contributed by atoms with Gasteiger partial charge in [-0.15, -0.1) is 0 Å². The number of urea groups is 1. The van der Waals surface area contributed by atoms with Crippen LogP contribution in [0.2, 0.25) is 0 Å². The standard InChI is InChI=1S/C10H16N2O3S.K.H/c13-8(14)4-2-1-3-7-9-6(5-16-7)11-10(15)12-9;;/h6-7,9H,1-5H2,(H,13,14)(H2,11,12,15);;/q;+1;-1/t6-,7-,9-;;/m0../s1. The first kappa shape index (κ1) is 15.8. The number of carbonyl (C=O) groups excluding carboxylic acids is 1. The van der Waals surface area contributed by atoms with Crippen LogP contribution in [0, 0.1) is 0 Å². The zero-order valence-electron chi connectivity index (χ0n) is 10.9. The molecule has 3 atom stereocenters. The molecule has 0 bridgehead atoms. The topological polar surface area (TPSA) is 78.4 Å². The van der Waals surface area contributed by atoms with Crippen LogP contribution >= 0.6 is 11.8 Å². The largest absolute Gasteiger partial charge is 1.00 e. The molecule has 0 unspecified atom stereocenters. The van der Waals surface area contributed by atoms with Crippen molar-refractivity contribution in [2.75, 3.05) is 5.75 Å². The maximum atomic E-state index is 11.1. The fourth-order valence-corrected chi connectivity index (χ4v) is 3.81. The summed E-state index contributed by atoms with van der Waals surface area (Å²) in [5, 5.41) is 14.8. The van der Waals surface area contributed by atoms with Crippen molar-refractivity contribution in [3.05, 3.63) is 0 Å². The predicted molar refractivity (Wildman–Crippen MR) is 62.7 cm³/mol. The van der Waals surface area contributed by atoms with Crippen LogP contribution in [0.4, 0.5) is 4.79 Å². The van der Waals surface area contributed by atoms with E-state index < -0.39 is 5.97 Å². The summed E-state index contributed by atoms with van der Waals surface area (Å²) in [6, 6.07) is 0.440. The molecule has 7 heteroatoms. The van der Waals surface area contributed by atoms with Gasteiger partial charge in [-0.05, 0) is 12.8 Å². The maximum absolute atomic E-state index is 11.1. The van der Waals surface area contributed by atoms with Gasteiger partial charge in [-0.2, -0.15) is 11.8 Å². The second-order valence-electron chi connectivity index (χ2n) is 4.26. The summed E-state index contributed by atoms with van der Waals surface area (Å²) in [4.78, 5) is 21.5. The number of thioether (sulfide) groups is 1. The molecule has 2 saturated heterocycles. The Morgan fingerprint density at radius 2 is 2.24 bits per heavy atom. The van der Waals surface area contributed by atoms with Crippen LogP contribution in [0.3, 0.4) is 0 Å². The minimum Gasteiger partial charge on any atom is -1.00 e. The van der Waals surface area contributed by atoms with Gasteiger partial charge in [0, 0.05) is 17.4 Å². The molecule has 0 aromatic rings. The Morgan fingerprint density at radius 1 is 1.47 bits per heavy atom. The number of carboxylic acids is 1. The number of amides is 2. The average Bonchev–Trinajstić information content (AvgIpc) is 2.72. The fourth-order valence-electron chi connectivity index (χ4n) is 2.26. The summed E-state index contributed by atoms with van der Waals surface area (Å²) in [7, 11) is 0. The molecule has 0 saturated carbocycles. The zero-order valence-corrected chi connectivity index (χ0v) is 13.9. The third kappa shape index (κ3) is 4.40. The van der Waals surface area contributed by atoms with Crippen LogP contribution in [0.5, 0.6) is 0 Å². The van der Waals surface area contributed by atoms with Crippen LogP contribution in [0.1, 0.15) is 27.1 Å². The fraction of sp³-hybridized carbons (Fsp3) is 0.800. The number of aliphatic carboxylic acids is 1. The van der Waals surface area contributed by atoms with Crippen molar-refractivity contribution in [1.82, 2.24) is 10.6 Å². The maximum Gasteiger partial charge on any atom is 1.00 e. The minimum atomic E-state index is -0.729. The smallest absolute Gasteiger partial charge is 1.00 e. The van der Waals surface area contributed by atoms with Crippen molar-refractivity contribution in [2.45, 2.75) is 43.0 Å². The molecular formula is C10H17KN2O3S. The molecule has 3 N–H and O–H groups in total. The second-order valence-corrected chi connectivity index (χ2v) is 5.53. The molecule has 2 fully saturated rings. The molecule has 17 heavy (non-hydrogen) atoms. The van der Waals surface area contributed by atoms with Crippen molar-refractivity contribution in [2.24, 2.45) is 0 Å². The van der Waals surface area contributed by atoms with Crippen LogP contribution < -0.4 is 62.0 Å². The van der Waals surface area contributed by atoms with E-state index in [1.165, 1.54) is 0 Å². The monoisotopic (exact) mass is 284 g/mol. The molecule has 0 aromatic carbocycles. The summed E-state index contributed by atoms with van der Waals surface area (Å²) >= 11 is 1.87. The van der Waals surface area contributed by atoms with Gasteiger partial charge in [0.1, 0.15) is 0 Å². The van der Waals surface area contributed by atoms with Gasteiger partial charge in [-0.25, -0.2) is 4.79 Å². The van der Waals surface area contributed by atoms with Gasteiger partial charge < -0.3 is 17.2 Å². The molecule has 2 aliphatic rings. The van der Waals surface area contributed by atoms with E-state index in [9.17, 15) is 9.59 Å². The van der Waals surface area contributed by atoms with E-state index in [0.717, 1.165) is 25.0 Å². The number of carboxylic acid groups (broad SMARTS) is 1. The van der Waals surface area contributed by atoms with Gasteiger partial charge in [0.25, 0.3) is 0 Å². The average molecular weight is 284 g/mol. The molecule has 2 amide bonds. The molecule has 2 rings (SSSR count). The van der Waals surface area contributed by atoms with Crippen LogP contribution in [0.25, 0.3) is 0 Å². The Bertz CT molecular complexity index is 309. The zero-order chi connectivity index (χ0) is 11.5. The summed E-state index contributed by atoms with van der Waals surface area (Å²) in [5.41, 5.74) is 0. The number of hydrogen-bond acceptors (Lipinski definition) is 3. The number of hydrogen-bond donors (Lipinski definition) is 3. The molecule has 2 heterocycles. The molecule has 92 valence electrons. The van der Waals surface area contributed by atoms with E-state index in [-0.39, 0.29) is 77.3 Å². The van der Waals surface area contributed by atoms with Crippen molar-refractivity contribution >= 4 is 23.8 Å². The summed E-state index contributed by atoms with van der Waals surface area (Å²) < 4.78 is 0. The third-order valence-corrected chi connectivity index (χ3v) is 4.58. The van der Waals surface area contributed by atoms with Gasteiger partial charge in [0.05, 0.1) is 12.1 Å². The first-order valence-electron chi connectivity index (χ1n) is 5.57. The van der Waals surface area contributed by atoms with Crippen molar-refractivity contribution in [1.29, 1.82) is 0 Å². The summed E-state index contributed by atoms with van der Waals surface area (Å²) in [6.45, 7) is 0. The molecular weight excluding hydrogens is 267 g/mol. The van der Waals surface area contributed by atoms with Gasteiger partial charge in [0.15, 0.2) is 0 Å². The van der Waals surface area contributed by atoms with Crippen LogP contribution in [-0.4, -0.2) is 40.2 Å². The Morgan fingerprint density at radius 3 is 2.94 bits per heavy atom. The molecule has 0 radical (unpaired) electrons. The van der Waals surface area contributed by atoms with Crippen molar-refractivity contribution < 1.29 is 67.5 Å². The molecule has 2 aliphatic heterocycles. The minimum absolute atomic E-state index is 0. The van der Waals surface area contributed by atoms with Crippen LogP contribution in [0.15, 0.2) is 0 Å². The van der Waals surface area contributed by atoms with E-state index >= 15 is 0 Å².